The summed E-state index contributed by atoms with van der Waals surface area (Å²) >= 11 is 0. The number of H-pyrrole nitrogens is 1. The number of ether oxygens (including phenoxy) is 1. The zero-order chi connectivity index (χ0) is 17.4. The smallest absolute Gasteiger partial charge is 0.274 e. The third-order valence-electron chi connectivity index (χ3n) is 4.44. The molecule has 0 aliphatic carbocycles. The van der Waals surface area contributed by atoms with E-state index in [1.165, 1.54) is 6.20 Å². The Balaban J connectivity index is 1.68. The number of carbonyl (C=O) groups excluding carboxylic acids is 1. The van der Waals surface area contributed by atoms with Crippen LogP contribution in [0.15, 0.2) is 30.5 Å². The molecule has 4 rings (SSSR count). The molecule has 1 aliphatic heterocycles. The molecule has 8 nitrogen and oxygen atoms in total. The molecule has 3 aromatic rings. The predicted molar refractivity (Wildman–Crippen MR) is 89.8 cm³/mol. The molecule has 8 heteroatoms. The van der Waals surface area contributed by atoms with Gasteiger partial charge in [-0.1, -0.05) is 12.1 Å². The van der Waals surface area contributed by atoms with Crippen LogP contribution in [0.2, 0.25) is 0 Å². The van der Waals surface area contributed by atoms with Crippen LogP contribution in [0.1, 0.15) is 34.6 Å². The second-order valence-corrected chi connectivity index (χ2v) is 6.09. The molecule has 1 aliphatic rings. The lowest BCUT2D eigenvalue weighted by atomic mass is 10.2. The maximum Gasteiger partial charge on any atom is 0.274 e. The first-order valence-electron chi connectivity index (χ1n) is 8.10. The Labute approximate surface area is 144 Å². The number of likely N-dealkylation sites (tertiary alicyclic amines) is 1. The number of rotatable bonds is 3. The van der Waals surface area contributed by atoms with Crippen LogP contribution in [0.3, 0.4) is 0 Å². The fraction of sp³-hybridized carbons (Fsp3) is 0.353. The zero-order valence-electron chi connectivity index (χ0n) is 14.0. The number of aryl methyl sites for hydroxylation is 1. The minimum atomic E-state index is -0.240. The lowest BCUT2D eigenvalue weighted by molar-refractivity contribution is 0.0678. The quantitative estimate of drug-likeness (QED) is 0.780. The SMILES string of the molecule is CO[C@@H]1C[C@@H](c2n[nH]c(C)n2)N(C(=O)c2cnc3ccccc3n2)C1. The van der Waals surface area contributed by atoms with Gasteiger partial charge in [0.15, 0.2) is 5.82 Å². The molecule has 25 heavy (non-hydrogen) atoms. The van der Waals surface area contributed by atoms with E-state index in [4.69, 9.17) is 4.74 Å². The van der Waals surface area contributed by atoms with Gasteiger partial charge in [-0.25, -0.2) is 9.97 Å². The Hall–Kier alpha value is -2.87. The van der Waals surface area contributed by atoms with Gasteiger partial charge in [0, 0.05) is 20.1 Å². The van der Waals surface area contributed by atoms with Gasteiger partial charge in [0.2, 0.25) is 0 Å². The maximum absolute atomic E-state index is 13.0. The summed E-state index contributed by atoms with van der Waals surface area (Å²) in [7, 11) is 1.65. The normalized spacial score (nSPS) is 20.3. The van der Waals surface area contributed by atoms with Crippen LogP contribution >= 0.6 is 0 Å². The molecular weight excluding hydrogens is 320 g/mol. The summed E-state index contributed by atoms with van der Waals surface area (Å²) in [6.07, 6.45) is 2.12. The molecule has 128 valence electrons. The van der Waals surface area contributed by atoms with E-state index in [1.54, 1.807) is 12.0 Å². The average Bonchev–Trinajstić information content (AvgIpc) is 3.26. The van der Waals surface area contributed by atoms with Crippen LogP contribution in [0, 0.1) is 6.92 Å². The molecule has 0 bridgehead atoms. The van der Waals surface area contributed by atoms with Crippen molar-refractivity contribution in [3.8, 4) is 0 Å². The van der Waals surface area contributed by atoms with Gasteiger partial charge in [0.25, 0.3) is 5.91 Å². The van der Waals surface area contributed by atoms with Gasteiger partial charge in [-0.05, 0) is 19.1 Å². The Morgan fingerprint density at radius 2 is 2.08 bits per heavy atom. The van der Waals surface area contributed by atoms with Crippen molar-refractivity contribution in [2.24, 2.45) is 0 Å². The molecule has 1 fully saturated rings. The first-order chi connectivity index (χ1) is 12.2. The van der Waals surface area contributed by atoms with Gasteiger partial charge in [-0.15, -0.1) is 0 Å². The van der Waals surface area contributed by atoms with Crippen LogP contribution in [0.4, 0.5) is 0 Å². The van der Waals surface area contributed by atoms with E-state index in [0.29, 0.717) is 35.8 Å². The van der Waals surface area contributed by atoms with Crippen molar-refractivity contribution in [3.05, 3.63) is 47.8 Å². The number of nitrogens with one attached hydrogen (secondary N) is 1. The molecule has 1 saturated heterocycles. The summed E-state index contributed by atoms with van der Waals surface area (Å²) in [6.45, 7) is 2.31. The fourth-order valence-electron chi connectivity index (χ4n) is 3.15. The summed E-state index contributed by atoms with van der Waals surface area (Å²) in [5, 5.41) is 7.06. The number of fused-ring (bicyclic) bond motifs is 1. The van der Waals surface area contributed by atoms with E-state index < -0.39 is 0 Å². The number of amides is 1. The van der Waals surface area contributed by atoms with Crippen molar-refractivity contribution in [2.45, 2.75) is 25.5 Å². The van der Waals surface area contributed by atoms with Gasteiger partial charge in [0.05, 0.1) is 29.4 Å². The van der Waals surface area contributed by atoms with Gasteiger partial charge in [-0.3, -0.25) is 14.9 Å². The van der Waals surface area contributed by atoms with E-state index in [0.717, 1.165) is 5.52 Å². The lowest BCUT2D eigenvalue weighted by Gasteiger charge is -2.21. The number of hydrogen-bond donors (Lipinski definition) is 1. The molecule has 1 N–H and O–H groups in total. The topological polar surface area (TPSA) is 96.9 Å². The van der Waals surface area contributed by atoms with Gasteiger partial charge in [0.1, 0.15) is 11.5 Å². The molecule has 0 spiro atoms. The van der Waals surface area contributed by atoms with Crippen molar-refractivity contribution in [3.63, 3.8) is 0 Å². The van der Waals surface area contributed by atoms with Crippen molar-refractivity contribution in [1.29, 1.82) is 0 Å². The molecule has 1 aromatic carbocycles. The van der Waals surface area contributed by atoms with Crippen LogP contribution in [-0.2, 0) is 4.74 Å². The number of hydrogen-bond acceptors (Lipinski definition) is 6. The van der Waals surface area contributed by atoms with Crippen molar-refractivity contribution in [2.75, 3.05) is 13.7 Å². The van der Waals surface area contributed by atoms with Crippen LogP contribution in [0.25, 0.3) is 11.0 Å². The Morgan fingerprint density at radius 1 is 1.28 bits per heavy atom. The molecule has 2 atom stereocenters. The van der Waals surface area contributed by atoms with E-state index in [9.17, 15) is 4.79 Å². The molecule has 1 amide bonds. The molecular formula is C17H18N6O2. The Bertz CT molecular complexity index is 924. The third-order valence-corrected chi connectivity index (χ3v) is 4.44. The maximum atomic E-state index is 13.0. The summed E-state index contributed by atoms with van der Waals surface area (Å²) in [5.74, 6) is 1.12. The number of methoxy groups -OCH3 is 1. The van der Waals surface area contributed by atoms with Crippen LogP contribution in [-0.4, -0.2) is 55.7 Å². The Morgan fingerprint density at radius 3 is 2.80 bits per heavy atom. The minimum Gasteiger partial charge on any atom is -0.380 e. The second kappa shape index (κ2) is 6.21. The predicted octanol–water partition coefficient (Wildman–Crippen LogP) is 1.66. The van der Waals surface area contributed by atoms with Crippen molar-refractivity contribution >= 4 is 16.9 Å². The van der Waals surface area contributed by atoms with Gasteiger partial charge < -0.3 is 9.64 Å². The van der Waals surface area contributed by atoms with Crippen LogP contribution in [0.5, 0.6) is 0 Å². The lowest BCUT2D eigenvalue weighted by Crippen LogP contribution is -2.33. The molecule has 3 heterocycles. The largest absolute Gasteiger partial charge is 0.380 e. The molecule has 0 radical (unpaired) electrons. The zero-order valence-corrected chi connectivity index (χ0v) is 14.0. The fourth-order valence-corrected chi connectivity index (χ4v) is 3.15. The number of benzene rings is 1. The molecule has 0 saturated carbocycles. The van der Waals surface area contributed by atoms with E-state index in [-0.39, 0.29) is 18.1 Å². The monoisotopic (exact) mass is 338 g/mol. The Kier molecular flexibility index (Phi) is 3.89. The van der Waals surface area contributed by atoms with Gasteiger partial charge in [-0.2, -0.15) is 5.10 Å². The van der Waals surface area contributed by atoms with E-state index >= 15 is 0 Å². The highest BCUT2D eigenvalue weighted by molar-refractivity contribution is 5.94. The summed E-state index contributed by atoms with van der Waals surface area (Å²) < 4.78 is 5.46. The number of para-hydroxylation sites is 2. The molecule has 0 unspecified atom stereocenters. The van der Waals surface area contributed by atoms with Gasteiger partial charge >= 0.3 is 0 Å². The first kappa shape index (κ1) is 15.6. The highest BCUT2D eigenvalue weighted by atomic mass is 16.5. The van der Waals surface area contributed by atoms with Crippen molar-refractivity contribution < 1.29 is 9.53 Å². The van der Waals surface area contributed by atoms with Crippen molar-refractivity contribution in [1.82, 2.24) is 30.0 Å². The van der Waals surface area contributed by atoms with E-state index in [1.807, 2.05) is 31.2 Å². The average molecular weight is 338 g/mol. The van der Waals surface area contributed by atoms with Crippen LogP contribution < -0.4 is 0 Å². The number of aromatic amines is 1. The van der Waals surface area contributed by atoms with E-state index in [2.05, 4.69) is 25.1 Å². The summed E-state index contributed by atoms with van der Waals surface area (Å²) in [5.41, 5.74) is 1.77. The number of carbonyl (C=O) groups is 1. The highest BCUT2D eigenvalue weighted by Gasteiger charge is 2.39. The summed E-state index contributed by atoms with van der Waals surface area (Å²) in [4.78, 5) is 27.9. The number of nitrogens with zero attached hydrogens (tertiary/aromatic N) is 5. The highest BCUT2D eigenvalue weighted by Crippen LogP contribution is 2.32. The second-order valence-electron chi connectivity index (χ2n) is 6.09. The summed E-state index contributed by atoms with van der Waals surface area (Å²) in [6, 6.07) is 7.24. The third kappa shape index (κ3) is 2.85. The minimum absolute atomic E-state index is 0.0545. The molecule has 2 aromatic heterocycles. The standard InChI is InChI=1S/C17H18N6O2/c1-10-19-16(22-21-10)15-7-11(25-2)9-23(15)17(24)14-8-18-12-5-3-4-6-13(12)20-14/h3-6,8,11,15H,7,9H2,1-2H3,(H,19,21,22)/t11-,15+/m1/s1. The number of aromatic nitrogens is 5. The first-order valence-corrected chi connectivity index (χ1v) is 8.10.